The first-order valence-electron chi connectivity index (χ1n) is 7.62. The average Bonchev–Trinajstić information content (AvgIpc) is 3.11. The van der Waals surface area contributed by atoms with Crippen molar-refractivity contribution in [3.05, 3.63) is 22.4 Å². The molecule has 3 saturated carbocycles. The highest BCUT2D eigenvalue weighted by Gasteiger charge is 2.53. The first-order valence-corrected chi connectivity index (χ1v) is 8.50. The molecule has 2 bridgehead atoms. The van der Waals surface area contributed by atoms with Gasteiger partial charge in [-0.15, -0.1) is 11.3 Å². The highest BCUT2D eigenvalue weighted by Crippen LogP contribution is 2.58. The van der Waals surface area contributed by atoms with Gasteiger partial charge in [0.2, 0.25) is 0 Å². The lowest BCUT2D eigenvalue weighted by molar-refractivity contribution is 0.200. The van der Waals surface area contributed by atoms with Crippen molar-refractivity contribution in [1.82, 2.24) is 5.32 Å². The van der Waals surface area contributed by atoms with Gasteiger partial charge in [-0.3, -0.25) is 0 Å². The molecule has 1 aromatic rings. The summed E-state index contributed by atoms with van der Waals surface area (Å²) in [5.41, 5.74) is 0. The molecule has 0 aliphatic heterocycles. The Morgan fingerprint density at radius 3 is 2.94 bits per heavy atom. The van der Waals surface area contributed by atoms with Crippen molar-refractivity contribution >= 4 is 11.3 Å². The maximum atomic E-state index is 3.94. The lowest BCUT2D eigenvalue weighted by Gasteiger charge is -2.33. The van der Waals surface area contributed by atoms with E-state index in [2.05, 4.69) is 29.8 Å². The van der Waals surface area contributed by atoms with Crippen molar-refractivity contribution in [2.75, 3.05) is 0 Å². The number of hydrogen-bond acceptors (Lipinski definition) is 2. The van der Waals surface area contributed by atoms with Gasteiger partial charge in [0.15, 0.2) is 0 Å². The van der Waals surface area contributed by atoms with Crippen LogP contribution in [0.4, 0.5) is 0 Å². The van der Waals surface area contributed by atoms with Gasteiger partial charge in [0, 0.05) is 17.0 Å². The summed E-state index contributed by atoms with van der Waals surface area (Å²) in [6, 6.07) is 5.81. The first kappa shape index (κ1) is 11.5. The Balaban J connectivity index is 1.45. The number of thiophene rings is 1. The van der Waals surface area contributed by atoms with Crippen molar-refractivity contribution in [2.24, 2.45) is 23.7 Å². The summed E-state index contributed by atoms with van der Waals surface area (Å²) in [6.45, 7) is 2.34. The fourth-order valence-electron chi connectivity index (χ4n) is 5.20. The Kier molecular flexibility index (Phi) is 2.77. The minimum absolute atomic E-state index is 0.550. The fourth-order valence-corrected chi connectivity index (χ4v) is 5.94. The van der Waals surface area contributed by atoms with Crippen LogP contribution in [-0.2, 0) is 0 Å². The van der Waals surface area contributed by atoms with E-state index in [0.29, 0.717) is 6.04 Å². The Labute approximate surface area is 114 Å². The Morgan fingerprint density at radius 2 is 2.11 bits per heavy atom. The van der Waals surface area contributed by atoms with Gasteiger partial charge in [0.1, 0.15) is 0 Å². The Morgan fingerprint density at radius 1 is 1.22 bits per heavy atom. The van der Waals surface area contributed by atoms with Gasteiger partial charge >= 0.3 is 0 Å². The second-order valence-electron chi connectivity index (χ2n) is 6.66. The van der Waals surface area contributed by atoms with Crippen molar-refractivity contribution in [3.8, 4) is 0 Å². The first-order chi connectivity index (χ1) is 8.83. The molecule has 3 fully saturated rings. The van der Waals surface area contributed by atoms with E-state index in [1.807, 2.05) is 11.3 Å². The summed E-state index contributed by atoms with van der Waals surface area (Å²) >= 11 is 1.89. The largest absolute Gasteiger partial charge is 0.306 e. The Bertz CT molecular complexity index is 413. The van der Waals surface area contributed by atoms with Crippen LogP contribution >= 0.6 is 11.3 Å². The standard InChI is InChI=1S/C16H23NS/c1-10(16-6-3-7-18-16)17-15-9-11-8-14(15)13-5-2-4-12(11)13/h3,6-7,10-15,17H,2,4-5,8-9H2,1H3/t10-,11?,12?,13?,14?,15?/m0/s1. The SMILES string of the molecule is C[C@H](NC1CC2CC1C1CCCC21)c1cccs1. The molecule has 0 spiro atoms. The molecule has 0 aromatic carbocycles. The van der Waals surface area contributed by atoms with E-state index in [0.717, 1.165) is 29.7 Å². The van der Waals surface area contributed by atoms with Crippen LogP contribution in [0.25, 0.3) is 0 Å². The van der Waals surface area contributed by atoms with Crippen LogP contribution in [0, 0.1) is 23.7 Å². The highest BCUT2D eigenvalue weighted by molar-refractivity contribution is 7.10. The molecular weight excluding hydrogens is 238 g/mol. The molecule has 98 valence electrons. The van der Waals surface area contributed by atoms with Crippen LogP contribution in [0.2, 0.25) is 0 Å². The number of rotatable bonds is 3. The topological polar surface area (TPSA) is 12.0 Å². The molecule has 3 aliphatic carbocycles. The minimum atomic E-state index is 0.550. The van der Waals surface area contributed by atoms with Crippen LogP contribution in [-0.4, -0.2) is 6.04 Å². The summed E-state index contributed by atoms with van der Waals surface area (Å²) in [7, 11) is 0. The maximum absolute atomic E-state index is 3.94. The van der Waals surface area contributed by atoms with Gasteiger partial charge in [0.25, 0.3) is 0 Å². The van der Waals surface area contributed by atoms with Crippen LogP contribution < -0.4 is 5.32 Å². The van der Waals surface area contributed by atoms with Crippen molar-refractivity contribution in [2.45, 2.75) is 51.1 Å². The average molecular weight is 261 g/mol. The van der Waals surface area contributed by atoms with Crippen LogP contribution in [0.3, 0.4) is 0 Å². The Hall–Kier alpha value is -0.340. The smallest absolute Gasteiger partial charge is 0.0388 e. The molecule has 2 heteroatoms. The molecule has 6 atom stereocenters. The third-order valence-corrected chi connectivity index (χ3v) is 6.92. The highest BCUT2D eigenvalue weighted by atomic mass is 32.1. The molecule has 4 rings (SSSR count). The molecule has 0 saturated heterocycles. The molecular formula is C16H23NS. The molecule has 3 aliphatic rings. The quantitative estimate of drug-likeness (QED) is 0.859. The lowest BCUT2D eigenvalue weighted by Crippen LogP contribution is -2.40. The normalized spacial score (nSPS) is 43.3. The lowest BCUT2D eigenvalue weighted by atomic mass is 9.79. The third-order valence-electron chi connectivity index (χ3n) is 5.86. The van der Waals surface area contributed by atoms with Crippen LogP contribution in [0.5, 0.6) is 0 Å². The van der Waals surface area contributed by atoms with E-state index >= 15 is 0 Å². The van der Waals surface area contributed by atoms with Crippen LogP contribution in [0.15, 0.2) is 17.5 Å². The second-order valence-corrected chi connectivity index (χ2v) is 7.64. The molecule has 5 unspecified atom stereocenters. The zero-order valence-corrected chi connectivity index (χ0v) is 12.0. The van der Waals surface area contributed by atoms with E-state index in [1.165, 1.54) is 30.6 Å². The van der Waals surface area contributed by atoms with Gasteiger partial charge in [-0.2, -0.15) is 0 Å². The molecule has 0 radical (unpaired) electrons. The predicted octanol–water partition coefficient (Wildman–Crippen LogP) is 4.22. The minimum Gasteiger partial charge on any atom is -0.306 e. The molecule has 1 N–H and O–H groups in total. The number of fused-ring (bicyclic) bond motifs is 5. The molecule has 18 heavy (non-hydrogen) atoms. The van der Waals surface area contributed by atoms with Gasteiger partial charge in [-0.1, -0.05) is 12.5 Å². The van der Waals surface area contributed by atoms with Crippen molar-refractivity contribution in [1.29, 1.82) is 0 Å². The zero-order chi connectivity index (χ0) is 12.1. The summed E-state index contributed by atoms with van der Waals surface area (Å²) in [5, 5.41) is 6.13. The van der Waals surface area contributed by atoms with Crippen LogP contribution in [0.1, 0.15) is 49.9 Å². The number of nitrogens with one attached hydrogen (secondary N) is 1. The molecule has 1 nitrogen and oxygen atoms in total. The van der Waals surface area contributed by atoms with Crippen molar-refractivity contribution < 1.29 is 0 Å². The summed E-state index contributed by atoms with van der Waals surface area (Å²) in [6.07, 6.45) is 7.57. The second kappa shape index (κ2) is 4.35. The maximum Gasteiger partial charge on any atom is 0.0388 e. The predicted molar refractivity (Wildman–Crippen MR) is 76.7 cm³/mol. The molecule has 1 aromatic heterocycles. The summed E-state index contributed by atoms with van der Waals surface area (Å²) < 4.78 is 0. The third kappa shape index (κ3) is 1.69. The van der Waals surface area contributed by atoms with E-state index in [9.17, 15) is 0 Å². The van der Waals surface area contributed by atoms with Gasteiger partial charge in [-0.05, 0) is 67.7 Å². The van der Waals surface area contributed by atoms with E-state index in [4.69, 9.17) is 0 Å². The fraction of sp³-hybridized carbons (Fsp3) is 0.750. The van der Waals surface area contributed by atoms with E-state index < -0.39 is 0 Å². The summed E-state index contributed by atoms with van der Waals surface area (Å²) in [5.74, 6) is 4.27. The van der Waals surface area contributed by atoms with Crippen molar-refractivity contribution in [3.63, 3.8) is 0 Å². The number of hydrogen-bond donors (Lipinski definition) is 1. The van der Waals surface area contributed by atoms with E-state index in [-0.39, 0.29) is 0 Å². The summed E-state index contributed by atoms with van der Waals surface area (Å²) in [4.78, 5) is 1.50. The van der Waals surface area contributed by atoms with Gasteiger partial charge in [-0.25, -0.2) is 0 Å². The zero-order valence-electron chi connectivity index (χ0n) is 11.1. The monoisotopic (exact) mass is 261 g/mol. The molecule has 1 heterocycles. The van der Waals surface area contributed by atoms with Gasteiger partial charge in [0.05, 0.1) is 0 Å². The van der Waals surface area contributed by atoms with Gasteiger partial charge < -0.3 is 5.32 Å². The molecule has 0 amide bonds. The van der Waals surface area contributed by atoms with E-state index in [1.54, 1.807) is 6.42 Å².